The smallest absolute Gasteiger partial charge is 0.278 e. The van der Waals surface area contributed by atoms with Crippen LogP contribution in [0.2, 0.25) is 0 Å². The maximum atomic E-state index is 11.6. The first kappa shape index (κ1) is 16.8. The third-order valence-electron chi connectivity index (χ3n) is 5.62. The number of nitro benzene ring substituents is 1. The highest BCUT2D eigenvalue weighted by molar-refractivity contribution is 6.09. The first-order valence-corrected chi connectivity index (χ1v) is 9.39. The lowest BCUT2D eigenvalue weighted by atomic mass is 9.89. The number of rotatable bonds is 2. The van der Waals surface area contributed by atoms with E-state index >= 15 is 0 Å². The first-order valence-electron chi connectivity index (χ1n) is 9.39. The van der Waals surface area contributed by atoms with Gasteiger partial charge in [0, 0.05) is 24.5 Å². The van der Waals surface area contributed by atoms with Gasteiger partial charge in [0.1, 0.15) is 0 Å². The minimum Gasteiger partial charge on any atom is -0.302 e. The van der Waals surface area contributed by atoms with Crippen molar-refractivity contribution in [3.63, 3.8) is 0 Å². The monoisotopic (exact) mass is 369 g/mol. The van der Waals surface area contributed by atoms with Crippen molar-refractivity contribution in [2.24, 2.45) is 0 Å². The highest BCUT2D eigenvalue weighted by Crippen LogP contribution is 2.39. The molecule has 0 bridgehead atoms. The van der Waals surface area contributed by atoms with E-state index in [4.69, 9.17) is 4.98 Å². The first-order chi connectivity index (χ1) is 13.6. The summed E-state index contributed by atoms with van der Waals surface area (Å²) in [7, 11) is 2.08. The quantitative estimate of drug-likeness (QED) is 0.285. The second-order valence-corrected chi connectivity index (χ2v) is 7.36. The second kappa shape index (κ2) is 6.39. The Hall–Kier alpha value is -3.31. The van der Waals surface area contributed by atoms with E-state index in [1.807, 2.05) is 24.3 Å². The molecule has 0 saturated heterocycles. The van der Waals surface area contributed by atoms with Crippen molar-refractivity contribution in [3.8, 4) is 11.3 Å². The molecule has 3 aromatic carbocycles. The molecule has 0 amide bonds. The van der Waals surface area contributed by atoms with Gasteiger partial charge < -0.3 is 4.90 Å². The van der Waals surface area contributed by atoms with Gasteiger partial charge in [-0.3, -0.25) is 10.1 Å². The number of nitro groups is 1. The van der Waals surface area contributed by atoms with Crippen LogP contribution in [-0.4, -0.2) is 28.4 Å². The van der Waals surface area contributed by atoms with E-state index in [1.54, 1.807) is 12.1 Å². The molecule has 0 aliphatic carbocycles. The fourth-order valence-electron chi connectivity index (χ4n) is 4.31. The SMILES string of the molecule is CN1CCc2c(c(-c3ccccc3[N+](=O)[O-])nc3ccc4ccccc4c23)C1. The van der Waals surface area contributed by atoms with Gasteiger partial charge in [-0.05, 0) is 47.5 Å². The number of hydrogen-bond donors (Lipinski definition) is 0. The molecule has 1 aromatic heterocycles. The Morgan fingerprint density at radius 2 is 1.79 bits per heavy atom. The van der Waals surface area contributed by atoms with E-state index in [-0.39, 0.29) is 10.6 Å². The van der Waals surface area contributed by atoms with Gasteiger partial charge in [0.15, 0.2) is 0 Å². The molecule has 28 heavy (non-hydrogen) atoms. The van der Waals surface area contributed by atoms with Gasteiger partial charge in [-0.25, -0.2) is 4.98 Å². The molecule has 1 aliphatic rings. The Labute approximate surface area is 162 Å². The molecule has 0 radical (unpaired) electrons. The second-order valence-electron chi connectivity index (χ2n) is 7.36. The summed E-state index contributed by atoms with van der Waals surface area (Å²) in [6.07, 6.45) is 0.909. The number of aromatic nitrogens is 1. The summed E-state index contributed by atoms with van der Waals surface area (Å²) >= 11 is 0. The number of hydrogen-bond acceptors (Lipinski definition) is 4. The third-order valence-corrected chi connectivity index (χ3v) is 5.62. The van der Waals surface area contributed by atoms with Gasteiger partial charge in [0.25, 0.3) is 5.69 Å². The third kappa shape index (κ3) is 2.55. The zero-order chi connectivity index (χ0) is 19.3. The van der Waals surface area contributed by atoms with Crippen LogP contribution in [0, 0.1) is 10.1 Å². The molecule has 138 valence electrons. The number of pyridine rings is 1. The predicted molar refractivity (Wildman–Crippen MR) is 111 cm³/mol. The summed E-state index contributed by atoms with van der Waals surface area (Å²) in [6.45, 7) is 1.70. The fourth-order valence-corrected chi connectivity index (χ4v) is 4.31. The van der Waals surface area contributed by atoms with Gasteiger partial charge in [-0.1, -0.05) is 42.5 Å². The lowest BCUT2D eigenvalue weighted by Crippen LogP contribution is -2.27. The van der Waals surface area contributed by atoms with E-state index < -0.39 is 0 Å². The molecule has 0 fully saturated rings. The zero-order valence-electron chi connectivity index (χ0n) is 15.6. The summed E-state index contributed by atoms with van der Waals surface area (Å²) in [5.74, 6) is 0. The van der Waals surface area contributed by atoms with E-state index in [0.29, 0.717) is 5.56 Å². The lowest BCUT2D eigenvalue weighted by molar-refractivity contribution is -0.384. The summed E-state index contributed by atoms with van der Waals surface area (Å²) in [4.78, 5) is 18.5. The molecule has 0 unspecified atom stereocenters. The molecular weight excluding hydrogens is 350 g/mol. The minimum atomic E-state index is -0.319. The summed E-state index contributed by atoms with van der Waals surface area (Å²) in [5.41, 5.74) is 4.70. The van der Waals surface area contributed by atoms with Crippen LogP contribution in [0.25, 0.3) is 32.9 Å². The van der Waals surface area contributed by atoms with Gasteiger partial charge in [-0.2, -0.15) is 0 Å². The van der Waals surface area contributed by atoms with Crippen LogP contribution in [0.3, 0.4) is 0 Å². The fraction of sp³-hybridized carbons (Fsp3) is 0.174. The molecule has 0 N–H and O–H groups in total. The molecule has 5 nitrogen and oxygen atoms in total. The summed E-state index contributed by atoms with van der Waals surface area (Å²) in [5, 5.41) is 15.2. The molecule has 5 rings (SSSR count). The minimum absolute atomic E-state index is 0.102. The van der Waals surface area contributed by atoms with Crippen molar-refractivity contribution in [3.05, 3.63) is 81.9 Å². The van der Waals surface area contributed by atoms with Crippen molar-refractivity contribution in [1.82, 2.24) is 9.88 Å². The van der Waals surface area contributed by atoms with Gasteiger partial charge in [-0.15, -0.1) is 0 Å². The average molecular weight is 369 g/mol. The van der Waals surface area contributed by atoms with Crippen LogP contribution in [0.4, 0.5) is 5.69 Å². The van der Waals surface area contributed by atoms with E-state index in [2.05, 4.69) is 36.2 Å². The molecule has 5 heteroatoms. The maximum Gasteiger partial charge on any atom is 0.278 e. The summed E-state index contributed by atoms with van der Waals surface area (Å²) < 4.78 is 0. The number of nitrogens with zero attached hydrogens (tertiary/aromatic N) is 3. The molecule has 0 spiro atoms. The molecule has 0 atom stereocenters. The van der Waals surface area contributed by atoms with E-state index in [9.17, 15) is 10.1 Å². The van der Waals surface area contributed by atoms with Crippen LogP contribution < -0.4 is 0 Å². The van der Waals surface area contributed by atoms with E-state index in [1.165, 1.54) is 21.7 Å². The lowest BCUT2D eigenvalue weighted by Gasteiger charge is -2.28. The van der Waals surface area contributed by atoms with Crippen LogP contribution in [0.15, 0.2) is 60.7 Å². The van der Waals surface area contributed by atoms with Gasteiger partial charge >= 0.3 is 0 Å². The Bertz CT molecular complexity index is 1250. The molecular formula is C23H19N3O2. The Balaban J connectivity index is 1.91. The van der Waals surface area contributed by atoms with Crippen LogP contribution in [0.5, 0.6) is 0 Å². The molecule has 0 saturated carbocycles. The molecule has 1 aliphatic heterocycles. The van der Waals surface area contributed by atoms with Crippen molar-refractivity contribution < 1.29 is 4.92 Å². The van der Waals surface area contributed by atoms with Crippen molar-refractivity contribution in [1.29, 1.82) is 0 Å². The largest absolute Gasteiger partial charge is 0.302 e. The average Bonchev–Trinajstić information content (AvgIpc) is 2.72. The van der Waals surface area contributed by atoms with Crippen LogP contribution in [0.1, 0.15) is 11.1 Å². The van der Waals surface area contributed by atoms with Crippen molar-refractivity contribution >= 4 is 27.4 Å². The number of para-hydroxylation sites is 1. The maximum absolute atomic E-state index is 11.6. The number of likely N-dealkylation sites (N-methyl/N-ethyl adjacent to an activating group) is 1. The van der Waals surface area contributed by atoms with Crippen LogP contribution >= 0.6 is 0 Å². The van der Waals surface area contributed by atoms with Gasteiger partial charge in [0.05, 0.1) is 21.7 Å². The highest BCUT2D eigenvalue weighted by atomic mass is 16.6. The predicted octanol–water partition coefficient (Wildman–Crippen LogP) is 4.95. The Morgan fingerprint density at radius 3 is 2.64 bits per heavy atom. The molecule has 2 heterocycles. The van der Waals surface area contributed by atoms with Crippen molar-refractivity contribution in [2.75, 3.05) is 13.6 Å². The van der Waals surface area contributed by atoms with Gasteiger partial charge in [0.2, 0.25) is 0 Å². The normalized spacial score (nSPS) is 14.3. The number of fused-ring (bicyclic) bond motifs is 5. The topological polar surface area (TPSA) is 59.3 Å². The number of benzene rings is 3. The summed E-state index contributed by atoms with van der Waals surface area (Å²) in [6, 6.07) is 19.4. The standard InChI is InChI=1S/C23H19N3O2/c1-25-13-12-17-19(14-25)23(18-8-4-5-9-21(18)26(27)28)24-20-11-10-15-6-2-3-7-16(15)22(17)20/h2-11H,12-14H2,1H3. The Morgan fingerprint density at radius 1 is 1.00 bits per heavy atom. The molecule has 4 aromatic rings. The van der Waals surface area contributed by atoms with Crippen molar-refractivity contribution in [2.45, 2.75) is 13.0 Å². The van der Waals surface area contributed by atoms with E-state index in [0.717, 1.165) is 36.3 Å². The Kier molecular flexibility index (Phi) is 3.84. The highest BCUT2D eigenvalue weighted by Gasteiger charge is 2.26. The van der Waals surface area contributed by atoms with Crippen LogP contribution in [-0.2, 0) is 13.0 Å². The zero-order valence-corrected chi connectivity index (χ0v) is 15.6.